The van der Waals surface area contributed by atoms with E-state index in [0.29, 0.717) is 6.54 Å². The van der Waals surface area contributed by atoms with Gasteiger partial charge in [0.05, 0.1) is 19.3 Å². The second-order valence-corrected chi connectivity index (χ2v) is 3.12. The molecule has 0 rings (SSSR count). The first-order valence-corrected chi connectivity index (χ1v) is 4.31. The predicted octanol–water partition coefficient (Wildman–Crippen LogP) is -0.772. The van der Waals surface area contributed by atoms with Crippen molar-refractivity contribution in [3.05, 3.63) is 0 Å². The highest BCUT2D eigenvalue weighted by Crippen LogP contribution is 1.64. The maximum atomic E-state index is 8.07. The molecule has 0 saturated heterocycles. The van der Waals surface area contributed by atoms with Gasteiger partial charge in [0, 0.05) is 0 Å². The Labute approximate surface area is 93.4 Å². The lowest BCUT2D eigenvalue weighted by molar-refractivity contribution is 0.157. The zero-order valence-corrected chi connectivity index (χ0v) is 10.7. The zero-order valence-electron chi connectivity index (χ0n) is 10.7. The fourth-order valence-corrected chi connectivity index (χ4v) is 0.141. The summed E-state index contributed by atoms with van der Waals surface area (Å²) >= 11 is 0. The summed E-state index contributed by atoms with van der Waals surface area (Å²) in [4.78, 5) is 3.50. The van der Waals surface area contributed by atoms with E-state index < -0.39 is 0 Å². The zero-order chi connectivity index (χ0) is 12.0. The van der Waals surface area contributed by atoms with Gasteiger partial charge < -0.3 is 15.9 Å². The molecule has 3 N–H and O–H groups in total. The van der Waals surface area contributed by atoms with Crippen molar-refractivity contribution in [1.29, 1.82) is 5.26 Å². The first kappa shape index (κ1) is 23.8. The number of nitriles is 1. The summed E-state index contributed by atoms with van der Waals surface area (Å²) in [5, 5.41) is 18.8. The average Bonchev–Trinajstić information content (AvgIpc) is 2.06. The number of nitrogens with zero attached hydrogens (tertiary/aromatic N) is 3. The summed E-state index contributed by atoms with van der Waals surface area (Å²) in [5.41, 5.74) is 0. The lowest BCUT2D eigenvalue weighted by Gasteiger charge is -1.99. The van der Waals surface area contributed by atoms with Gasteiger partial charge in [-0.1, -0.05) is 0 Å². The molecule has 0 fully saturated rings. The van der Waals surface area contributed by atoms with Gasteiger partial charge >= 0.3 is 0 Å². The van der Waals surface area contributed by atoms with Crippen LogP contribution in [-0.4, -0.2) is 75.9 Å². The quantitative estimate of drug-likeness (QED) is 0.470. The normalized spacial score (nSPS) is 7.73. The van der Waals surface area contributed by atoms with E-state index in [4.69, 9.17) is 10.4 Å². The van der Waals surface area contributed by atoms with Crippen LogP contribution in [0.1, 0.15) is 0 Å². The molecule has 0 amide bonds. The summed E-state index contributed by atoms with van der Waals surface area (Å²) in [7, 11) is 11.1. The minimum atomic E-state index is 0. The van der Waals surface area contributed by atoms with Crippen LogP contribution in [0.15, 0.2) is 0 Å². The van der Waals surface area contributed by atoms with Crippen molar-refractivity contribution < 1.29 is 10.6 Å². The minimum Gasteiger partial charge on any atom is -0.870 e. The molecular formula is C9H25N4O2-. The van der Waals surface area contributed by atoms with Crippen LogP contribution < -0.4 is 5.32 Å². The van der Waals surface area contributed by atoms with Gasteiger partial charge in [0.1, 0.15) is 0 Å². The molecule has 0 heterocycles. The van der Waals surface area contributed by atoms with E-state index in [1.54, 1.807) is 19.0 Å². The van der Waals surface area contributed by atoms with Gasteiger partial charge in [-0.05, 0) is 42.3 Å². The number of rotatable bonds is 2. The molecule has 0 atom stereocenters. The number of hydrogen-bond donors (Lipinski definition) is 2. The second kappa shape index (κ2) is 23.3. The molecule has 0 aromatic rings. The van der Waals surface area contributed by atoms with E-state index in [1.165, 1.54) is 0 Å². The molecule has 15 heavy (non-hydrogen) atoms. The third kappa shape index (κ3) is 92.0. The van der Waals surface area contributed by atoms with Crippen LogP contribution in [0.2, 0.25) is 0 Å². The van der Waals surface area contributed by atoms with E-state index in [2.05, 4.69) is 5.32 Å². The van der Waals surface area contributed by atoms with Crippen LogP contribution in [0.3, 0.4) is 0 Å². The van der Waals surface area contributed by atoms with Crippen molar-refractivity contribution in [3.8, 4) is 6.07 Å². The summed E-state index contributed by atoms with van der Waals surface area (Å²) in [6, 6.07) is 1.99. The molecule has 0 radical (unpaired) electrons. The van der Waals surface area contributed by atoms with Crippen LogP contribution in [0, 0.1) is 11.3 Å². The van der Waals surface area contributed by atoms with E-state index in [-0.39, 0.29) is 12.2 Å². The molecule has 0 spiro atoms. The topological polar surface area (TPSA) is 92.5 Å². The van der Waals surface area contributed by atoms with Gasteiger partial charge in [0.25, 0.3) is 0 Å². The number of aliphatic hydroxyl groups is 1. The molecule has 94 valence electrons. The highest BCUT2D eigenvalue weighted by atomic mass is 16.3. The SMILES string of the molecule is CN(C)CC#N.CN(C)CO.CNC.[OH-]. The average molecular weight is 221 g/mol. The Balaban J connectivity index is -0.0000000617. The van der Waals surface area contributed by atoms with Gasteiger partial charge in [-0.25, -0.2) is 0 Å². The van der Waals surface area contributed by atoms with Gasteiger partial charge in [-0.3, -0.25) is 9.80 Å². The Morgan fingerprint density at radius 1 is 1.13 bits per heavy atom. The standard InChI is InChI=1S/C4H8N2.C3H9NO.C2H7N.H2O/c1-6(2)4-3-5;1-4(2)3-5;1-3-2;/h4H2,1-2H3;5H,3H2,1-2H3;3H,1-2H3;1H2/p-1. The smallest absolute Gasteiger partial charge is 0.0951 e. The fourth-order valence-electron chi connectivity index (χ4n) is 0.141. The van der Waals surface area contributed by atoms with E-state index >= 15 is 0 Å². The fraction of sp³-hybridized carbons (Fsp3) is 0.889. The van der Waals surface area contributed by atoms with Crippen LogP contribution in [0.4, 0.5) is 0 Å². The molecule has 0 aromatic heterocycles. The Morgan fingerprint density at radius 2 is 1.40 bits per heavy atom. The lowest BCUT2D eigenvalue weighted by atomic mass is 10.7. The summed E-state index contributed by atoms with van der Waals surface area (Å²) < 4.78 is 0. The minimum absolute atomic E-state index is 0. The number of aliphatic hydroxyl groups excluding tert-OH is 1. The lowest BCUT2D eigenvalue weighted by Crippen LogP contribution is -2.11. The van der Waals surface area contributed by atoms with E-state index in [9.17, 15) is 0 Å². The number of hydrogen-bond acceptors (Lipinski definition) is 6. The predicted molar refractivity (Wildman–Crippen MR) is 61.9 cm³/mol. The molecule has 0 saturated carbocycles. The van der Waals surface area contributed by atoms with Crippen molar-refractivity contribution in [3.63, 3.8) is 0 Å². The van der Waals surface area contributed by atoms with E-state index in [1.807, 2.05) is 39.2 Å². The van der Waals surface area contributed by atoms with E-state index in [0.717, 1.165) is 0 Å². The first-order chi connectivity index (χ1) is 6.45. The molecule has 0 aliphatic carbocycles. The third-order valence-electron chi connectivity index (χ3n) is 0.670. The largest absolute Gasteiger partial charge is 0.870 e. The summed E-state index contributed by atoms with van der Waals surface area (Å²) in [5.74, 6) is 0. The Morgan fingerprint density at radius 3 is 1.40 bits per heavy atom. The van der Waals surface area contributed by atoms with Crippen molar-refractivity contribution in [2.75, 3.05) is 55.6 Å². The van der Waals surface area contributed by atoms with Crippen LogP contribution in [0.25, 0.3) is 0 Å². The summed E-state index contributed by atoms with van der Waals surface area (Å²) in [6.07, 6.45) is 0. The van der Waals surface area contributed by atoms with Gasteiger partial charge in [-0.15, -0.1) is 0 Å². The van der Waals surface area contributed by atoms with Crippen molar-refractivity contribution in [2.45, 2.75) is 0 Å². The highest BCUT2D eigenvalue weighted by molar-refractivity contribution is 4.71. The highest BCUT2D eigenvalue weighted by Gasteiger charge is 1.78. The van der Waals surface area contributed by atoms with Crippen LogP contribution >= 0.6 is 0 Å². The van der Waals surface area contributed by atoms with Crippen LogP contribution in [0.5, 0.6) is 0 Å². The monoisotopic (exact) mass is 221 g/mol. The molecule has 6 nitrogen and oxygen atoms in total. The maximum absolute atomic E-state index is 8.07. The number of nitrogens with one attached hydrogen (secondary N) is 1. The Hall–Kier alpha value is -0.710. The van der Waals surface area contributed by atoms with Gasteiger partial charge in [0.15, 0.2) is 0 Å². The maximum Gasteiger partial charge on any atom is 0.0951 e. The van der Waals surface area contributed by atoms with Crippen LogP contribution in [-0.2, 0) is 0 Å². The summed E-state index contributed by atoms with van der Waals surface area (Å²) in [6.45, 7) is 0.653. The molecule has 0 aromatic carbocycles. The molecular weight excluding hydrogens is 196 g/mol. The Kier molecular flexibility index (Phi) is 37.0. The molecule has 0 unspecified atom stereocenters. The molecule has 0 bridgehead atoms. The third-order valence-corrected chi connectivity index (χ3v) is 0.670. The van der Waals surface area contributed by atoms with Gasteiger partial charge in [-0.2, -0.15) is 5.26 Å². The molecule has 6 heteroatoms. The van der Waals surface area contributed by atoms with Crippen molar-refractivity contribution >= 4 is 0 Å². The van der Waals surface area contributed by atoms with Crippen molar-refractivity contribution in [1.82, 2.24) is 15.1 Å². The van der Waals surface area contributed by atoms with Gasteiger partial charge in [0.2, 0.25) is 0 Å². The molecule has 0 aliphatic rings. The second-order valence-electron chi connectivity index (χ2n) is 3.12. The Bertz CT molecular complexity index is 124. The first-order valence-electron chi connectivity index (χ1n) is 4.31. The van der Waals surface area contributed by atoms with Crippen molar-refractivity contribution in [2.24, 2.45) is 0 Å². The molecule has 0 aliphatic heterocycles.